The number of esters is 1. The normalized spacial score (nSPS) is 17.4. The fraction of sp³-hybridized carbons (Fsp3) is 0.226. The summed E-state index contributed by atoms with van der Waals surface area (Å²) in [5, 5.41) is 2.08. The Kier molecular flexibility index (Phi) is 6.32. The molecule has 192 valence electrons. The van der Waals surface area contributed by atoms with Gasteiger partial charge in [-0.2, -0.15) is 0 Å². The molecular weight excluding hydrogens is 544 g/mol. The first-order chi connectivity index (χ1) is 18.4. The Morgan fingerprint density at radius 2 is 1.76 bits per heavy atom. The SMILES string of the molecule is COc1ccc2cc([C@@H](C)C(=O)OC3c4cccc5c4n(c(=O)n5Cc4ccccc4)CC3Br)ccc2c1. The molecule has 0 spiro atoms. The summed E-state index contributed by atoms with van der Waals surface area (Å²) in [6, 6.07) is 27.6. The van der Waals surface area contributed by atoms with Crippen molar-refractivity contribution in [3.63, 3.8) is 0 Å². The zero-order valence-corrected chi connectivity index (χ0v) is 22.7. The number of hydrogen-bond acceptors (Lipinski definition) is 4. The number of imidazole rings is 1. The summed E-state index contributed by atoms with van der Waals surface area (Å²) >= 11 is 3.72. The number of alkyl halides is 1. The predicted molar refractivity (Wildman–Crippen MR) is 152 cm³/mol. The molecule has 6 rings (SSSR count). The predicted octanol–water partition coefficient (Wildman–Crippen LogP) is 6.18. The molecule has 2 unspecified atom stereocenters. The fourth-order valence-electron chi connectivity index (χ4n) is 5.33. The molecule has 4 aromatic carbocycles. The van der Waals surface area contributed by atoms with Gasteiger partial charge in [-0.05, 0) is 47.0 Å². The highest BCUT2D eigenvalue weighted by atomic mass is 79.9. The zero-order valence-electron chi connectivity index (χ0n) is 21.1. The fourth-order valence-corrected chi connectivity index (χ4v) is 6.01. The molecule has 2 heterocycles. The third-order valence-corrected chi connectivity index (χ3v) is 8.18. The number of carbonyl (C=O) groups is 1. The van der Waals surface area contributed by atoms with Gasteiger partial charge in [0.1, 0.15) is 11.9 Å². The molecule has 1 aliphatic rings. The molecule has 0 saturated carbocycles. The van der Waals surface area contributed by atoms with Crippen LogP contribution in [-0.2, 0) is 22.6 Å². The molecule has 0 radical (unpaired) electrons. The van der Waals surface area contributed by atoms with Gasteiger partial charge in [0, 0.05) is 12.1 Å². The van der Waals surface area contributed by atoms with E-state index in [0.29, 0.717) is 13.1 Å². The van der Waals surface area contributed by atoms with E-state index in [-0.39, 0.29) is 16.5 Å². The van der Waals surface area contributed by atoms with E-state index in [9.17, 15) is 9.59 Å². The molecular formula is C31H27BrN2O4. The molecule has 1 aliphatic heterocycles. The average molecular weight is 571 g/mol. The number of nitrogens with zero attached hydrogens (tertiary/aromatic N) is 2. The second-order valence-corrected chi connectivity index (χ2v) is 10.9. The van der Waals surface area contributed by atoms with Crippen LogP contribution in [0, 0.1) is 0 Å². The number of fused-ring (bicyclic) bond motifs is 1. The number of methoxy groups -OCH3 is 1. The van der Waals surface area contributed by atoms with E-state index in [1.54, 1.807) is 16.2 Å². The van der Waals surface area contributed by atoms with Crippen LogP contribution in [0.1, 0.15) is 35.6 Å². The van der Waals surface area contributed by atoms with Gasteiger partial charge in [-0.15, -0.1) is 0 Å². The molecule has 6 nitrogen and oxygen atoms in total. The van der Waals surface area contributed by atoms with Crippen LogP contribution in [0.4, 0.5) is 0 Å². The Hall–Kier alpha value is -3.84. The van der Waals surface area contributed by atoms with Crippen LogP contribution in [0.3, 0.4) is 0 Å². The maximum absolute atomic E-state index is 13.4. The molecule has 3 atom stereocenters. The van der Waals surface area contributed by atoms with E-state index in [0.717, 1.165) is 44.2 Å². The zero-order chi connectivity index (χ0) is 26.4. The smallest absolute Gasteiger partial charge is 0.329 e. The van der Waals surface area contributed by atoms with Crippen LogP contribution < -0.4 is 10.4 Å². The second kappa shape index (κ2) is 9.80. The Morgan fingerprint density at radius 3 is 2.55 bits per heavy atom. The van der Waals surface area contributed by atoms with Crippen molar-refractivity contribution in [3.8, 4) is 5.75 Å². The van der Waals surface area contributed by atoms with E-state index in [1.165, 1.54) is 0 Å². The lowest BCUT2D eigenvalue weighted by Gasteiger charge is -2.29. The van der Waals surface area contributed by atoms with Gasteiger partial charge in [-0.25, -0.2) is 4.79 Å². The maximum Gasteiger partial charge on any atom is 0.329 e. The van der Waals surface area contributed by atoms with Crippen molar-refractivity contribution in [1.29, 1.82) is 0 Å². The third kappa shape index (κ3) is 4.21. The topological polar surface area (TPSA) is 62.5 Å². The summed E-state index contributed by atoms with van der Waals surface area (Å²) in [7, 11) is 1.65. The van der Waals surface area contributed by atoms with Crippen LogP contribution in [0.15, 0.2) is 89.7 Å². The molecule has 7 heteroatoms. The minimum atomic E-state index is -0.509. The lowest BCUT2D eigenvalue weighted by Crippen LogP contribution is -2.34. The summed E-state index contributed by atoms with van der Waals surface area (Å²) in [4.78, 5) is 26.6. The number of carbonyl (C=O) groups excluding carboxylic acids is 1. The third-order valence-electron chi connectivity index (χ3n) is 7.41. The number of benzene rings is 4. The molecule has 0 aliphatic carbocycles. The molecule has 5 aromatic rings. The van der Waals surface area contributed by atoms with Crippen molar-refractivity contribution in [2.45, 2.75) is 36.9 Å². The number of rotatable bonds is 6. The monoisotopic (exact) mass is 570 g/mol. The van der Waals surface area contributed by atoms with Crippen LogP contribution in [0.2, 0.25) is 0 Å². The van der Waals surface area contributed by atoms with Gasteiger partial charge >= 0.3 is 11.7 Å². The van der Waals surface area contributed by atoms with Gasteiger partial charge in [-0.3, -0.25) is 13.9 Å². The van der Waals surface area contributed by atoms with Gasteiger partial charge in [0.25, 0.3) is 0 Å². The highest BCUT2D eigenvalue weighted by Gasteiger charge is 2.35. The van der Waals surface area contributed by atoms with Crippen LogP contribution >= 0.6 is 15.9 Å². The number of ether oxygens (including phenoxy) is 2. The standard InChI is InChI=1S/C31H27BrN2O4/c1-19(21-11-12-23-16-24(37-2)14-13-22(23)15-21)30(35)38-29-25-9-6-10-27-28(25)34(18-26(29)32)31(36)33(27)17-20-7-4-3-5-8-20/h3-16,19,26,29H,17-18H2,1-2H3/t19-,26?,29?/m1/s1. The molecule has 38 heavy (non-hydrogen) atoms. The van der Waals surface area contributed by atoms with Crippen molar-refractivity contribution in [1.82, 2.24) is 9.13 Å². The van der Waals surface area contributed by atoms with E-state index >= 15 is 0 Å². The van der Waals surface area contributed by atoms with E-state index < -0.39 is 12.0 Å². The Morgan fingerprint density at radius 1 is 1.00 bits per heavy atom. The number of hydrogen-bond donors (Lipinski definition) is 0. The van der Waals surface area contributed by atoms with Gasteiger partial charge in [0.15, 0.2) is 0 Å². The first-order valence-electron chi connectivity index (χ1n) is 12.6. The largest absolute Gasteiger partial charge is 0.497 e. The van der Waals surface area contributed by atoms with E-state index in [1.807, 2.05) is 91.9 Å². The number of para-hydroxylation sites is 1. The minimum Gasteiger partial charge on any atom is -0.497 e. The average Bonchev–Trinajstić information content (AvgIpc) is 3.21. The highest BCUT2D eigenvalue weighted by Crippen LogP contribution is 2.38. The van der Waals surface area contributed by atoms with Crippen molar-refractivity contribution in [3.05, 3.63) is 112 Å². The number of halogens is 1. The lowest BCUT2D eigenvalue weighted by atomic mass is 9.97. The first-order valence-corrected chi connectivity index (χ1v) is 13.5. The van der Waals surface area contributed by atoms with Crippen molar-refractivity contribution in [2.75, 3.05) is 7.11 Å². The molecule has 0 bridgehead atoms. The van der Waals surface area contributed by atoms with Crippen LogP contribution in [0.25, 0.3) is 21.8 Å². The van der Waals surface area contributed by atoms with E-state index in [2.05, 4.69) is 15.9 Å². The Bertz CT molecular complexity index is 1720. The first kappa shape index (κ1) is 24.5. The van der Waals surface area contributed by atoms with Crippen LogP contribution in [0.5, 0.6) is 5.75 Å². The summed E-state index contributed by atoms with van der Waals surface area (Å²) in [6.45, 7) is 2.76. The summed E-state index contributed by atoms with van der Waals surface area (Å²) in [5.74, 6) is 0.0413. The highest BCUT2D eigenvalue weighted by molar-refractivity contribution is 9.09. The van der Waals surface area contributed by atoms with Crippen molar-refractivity contribution >= 4 is 43.7 Å². The summed E-state index contributed by atoms with van der Waals surface area (Å²) in [6.07, 6.45) is -0.509. The summed E-state index contributed by atoms with van der Waals surface area (Å²) < 4.78 is 15.1. The second-order valence-electron chi connectivity index (χ2n) is 9.75. The summed E-state index contributed by atoms with van der Waals surface area (Å²) in [5.41, 5.74) is 4.39. The number of aromatic nitrogens is 2. The van der Waals surface area contributed by atoms with Gasteiger partial charge in [0.05, 0.1) is 35.4 Å². The van der Waals surface area contributed by atoms with E-state index in [4.69, 9.17) is 9.47 Å². The lowest BCUT2D eigenvalue weighted by molar-refractivity contribution is -0.151. The van der Waals surface area contributed by atoms with Gasteiger partial charge < -0.3 is 9.47 Å². The van der Waals surface area contributed by atoms with Gasteiger partial charge in [-0.1, -0.05) is 82.7 Å². The Labute approximate surface area is 228 Å². The maximum atomic E-state index is 13.4. The molecule has 1 aromatic heterocycles. The van der Waals surface area contributed by atoms with Crippen molar-refractivity contribution in [2.24, 2.45) is 0 Å². The minimum absolute atomic E-state index is 0.0632. The quantitative estimate of drug-likeness (QED) is 0.181. The molecule has 0 amide bonds. The molecule has 0 saturated heterocycles. The van der Waals surface area contributed by atoms with Crippen LogP contribution in [-0.4, -0.2) is 27.0 Å². The van der Waals surface area contributed by atoms with Crippen molar-refractivity contribution < 1.29 is 14.3 Å². The molecule has 0 N–H and O–H groups in total. The molecule has 0 fully saturated rings. The van der Waals surface area contributed by atoms with Gasteiger partial charge in [0.2, 0.25) is 0 Å². The Balaban J connectivity index is 1.31.